The number of aliphatic hydroxyl groups is 1. The zero-order chi connectivity index (χ0) is 31.3. The quantitative estimate of drug-likeness (QED) is 0.115. The molecule has 1 fully saturated rings. The Morgan fingerprint density at radius 1 is 0.805 bits per heavy atom. The fourth-order valence-electron chi connectivity index (χ4n) is 3.46. The third kappa shape index (κ3) is 12.5. The first-order valence-electron chi connectivity index (χ1n) is 12.0. The Bertz CT molecular complexity index is 980. The van der Waals surface area contributed by atoms with E-state index in [0.717, 1.165) is 56.4 Å². The molecule has 2 amide bonds. The van der Waals surface area contributed by atoms with Gasteiger partial charge in [0.05, 0.1) is 13.7 Å². The van der Waals surface area contributed by atoms with Crippen LogP contribution in [0.25, 0.3) is 0 Å². The minimum absolute atomic E-state index is 0.123. The Morgan fingerprint density at radius 2 is 1.37 bits per heavy atom. The molecule has 0 radical (unpaired) electrons. The van der Waals surface area contributed by atoms with Gasteiger partial charge in [0, 0.05) is 40.4 Å². The molecule has 1 saturated heterocycles. The van der Waals surface area contributed by atoms with Gasteiger partial charge in [-0.05, 0) is 0 Å². The highest BCUT2D eigenvalue weighted by Gasteiger charge is 2.52. The van der Waals surface area contributed by atoms with E-state index in [9.17, 15) is 38.7 Å². The molecule has 0 aromatic heterocycles. The normalized spacial score (nSPS) is 23.1. The van der Waals surface area contributed by atoms with Gasteiger partial charge in [0.25, 0.3) is 0 Å². The van der Waals surface area contributed by atoms with Crippen LogP contribution >= 0.6 is 21.6 Å². The molecular weight excluding hydrogens is 592 g/mol. The molecule has 0 spiro atoms. The number of nitrogens with one attached hydrogen (secondary N) is 2. The van der Waals surface area contributed by atoms with Crippen LogP contribution in [0.4, 0.5) is 0 Å². The molecule has 0 unspecified atom stereocenters. The van der Waals surface area contributed by atoms with E-state index in [1.165, 1.54) is 6.92 Å². The summed E-state index contributed by atoms with van der Waals surface area (Å²) in [6.45, 7) is 4.44. The van der Waals surface area contributed by atoms with Crippen molar-refractivity contribution in [2.75, 3.05) is 26.1 Å². The number of carbonyl (C=O) groups is 7. The average Bonchev–Trinajstić information content (AvgIpc) is 2.86. The summed E-state index contributed by atoms with van der Waals surface area (Å²) in [5.74, 6) is -5.41. The lowest BCUT2D eigenvalue weighted by molar-refractivity contribution is -0.237. The van der Waals surface area contributed by atoms with Crippen molar-refractivity contribution in [3.63, 3.8) is 0 Å². The minimum atomic E-state index is -1.37. The monoisotopic (exact) mass is 626 g/mol. The molecule has 16 nitrogen and oxygen atoms in total. The average molecular weight is 627 g/mol. The summed E-state index contributed by atoms with van der Waals surface area (Å²) >= 11 is 0. The minimum Gasteiger partial charge on any atom is -0.467 e. The Kier molecular flexibility index (Phi) is 15.5. The van der Waals surface area contributed by atoms with Crippen molar-refractivity contribution >= 4 is 63.2 Å². The molecule has 1 heterocycles. The van der Waals surface area contributed by atoms with Crippen LogP contribution in [0.1, 0.15) is 34.6 Å². The molecule has 0 bridgehead atoms. The molecule has 18 heteroatoms. The highest BCUT2D eigenvalue weighted by molar-refractivity contribution is 8.76. The van der Waals surface area contributed by atoms with Gasteiger partial charge in [-0.15, -0.1) is 0 Å². The first-order chi connectivity index (χ1) is 19.2. The van der Waals surface area contributed by atoms with Crippen LogP contribution in [0, 0.1) is 0 Å². The number of hydrogen-bond donors (Lipinski definition) is 3. The lowest BCUT2D eigenvalue weighted by Crippen LogP contribution is -2.61. The number of esters is 5. The Labute approximate surface area is 243 Å². The summed E-state index contributed by atoms with van der Waals surface area (Å²) in [6, 6.07) is -2.57. The van der Waals surface area contributed by atoms with Crippen molar-refractivity contribution in [1.82, 2.24) is 10.6 Å². The predicted molar refractivity (Wildman–Crippen MR) is 141 cm³/mol. The van der Waals surface area contributed by atoms with Gasteiger partial charge in [-0.1, -0.05) is 21.6 Å². The van der Waals surface area contributed by atoms with Gasteiger partial charge < -0.3 is 44.2 Å². The zero-order valence-corrected chi connectivity index (χ0v) is 24.9. The topological polar surface area (TPSA) is 219 Å². The van der Waals surface area contributed by atoms with Crippen LogP contribution in [-0.4, -0.2) is 115 Å². The lowest BCUT2D eigenvalue weighted by atomic mass is 9.99. The lowest BCUT2D eigenvalue weighted by Gasteiger charge is -2.44. The molecular formula is C23H34N2O14S2. The van der Waals surface area contributed by atoms with Crippen molar-refractivity contribution in [2.45, 2.75) is 76.6 Å². The third-order valence-electron chi connectivity index (χ3n) is 5.02. The van der Waals surface area contributed by atoms with Crippen LogP contribution in [0.5, 0.6) is 0 Å². The van der Waals surface area contributed by atoms with E-state index in [1.807, 2.05) is 0 Å². The van der Waals surface area contributed by atoms with Crippen molar-refractivity contribution in [2.24, 2.45) is 0 Å². The number of aliphatic hydroxyl groups excluding tert-OH is 1. The fourth-order valence-corrected chi connectivity index (χ4v) is 6.06. The molecule has 1 aliphatic heterocycles. The van der Waals surface area contributed by atoms with E-state index >= 15 is 0 Å². The first kappa shape index (κ1) is 35.9. The van der Waals surface area contributed by atoms with Gasteiger partial charge in [-0.3, -0.25) is 28.8 Å². The molecule has 1 aliphatic rings. The number of hydrogen-bond acceptors (Lipinski definition) is 16. The first-order valence-corrected chi connectivity index (χ1v) is 14.4. The number of ether oxygens (including phenoxy) is 6. The van der Waals surface area contributed by atoms with Crippen molar-refractivity contribution in [3.05, 3.63) is 0 Å². The van der Waals surface area contributed by atoms with Crippen molar-refractivity contribution in [3.8, 4) is 0 Å². The maximum Gasteiger partial charge on any atom is 0.330 e. The molecule has 0 aliphatic carbocycles. The second-order valence-electron chi connectivity index (χ2n) is 8.47. The maximum atomic E-state index is 12.8. The summed E-state index contributed by atoms with van der Waals surface area (Å²) in [7, 11) is 2.96. The second-order valence-corrected chi connectivity index (χ2v) is 11.0. The van der Waals surface area contributed by atoms with E-state index in [4.69, 9.17) is 23.7 Å². The summed E-state index contributed by atoms with van der Waals surface area (Å²) < 4.78 is 31.6. The van der Waals surface area contributed by atoms with Crippen LogP contribution in [0.15, 0.2) is 0 Å². The van der Waals surface area contributed by atoms with Crippen LogP contribution in [-0.2, 0) is 62.0 Å². The fraction of sp³-hybridized carbons (Fsp3) is 0.696. The Hall–Kier alpha value is -3.09. The van der Waals surface area contributed by atoms with Crippen LogP contribution in [0.2, 0.25) is 0 Å². The number of methoxy groups -OCH3 is 1. The Balaban J connectivity index is 3.23. The largest absolute Gasteiger partial charge is 0.467 e. The number of carbonyl (C=O) groups excluding carboxylic acids is 7. The SMILES string of the molecule is COC(=O)[C@H](CO)NC(=O)[C@H](CSS[C@@H]1O[C@H](COC(C)=O)[C@@H](OC(C)=O)[C@H](OC(C)=O)[C@H]1OC(C)=O)NC(C)=O. The van der Waals surface area contributed by atoms with Crippen LogP contribution < -0.4 is 10.6 Å². The molecule has 0 aromatic rings. The standard InChI is InChI=1S/C23H34N2O14S2/c1-10(27)24-16(21(32)25-15(7-26)22(33)34-6)9-40-41-23-20(38-14(5)31)19(37-13(4)30)18(36-12(3)29)17(39-23)8-35-11(2)28/h15-20,23,26H,7-9H2,1-6H3,(H,24,27)(H,25,32)/t15-,16-,17+,18+,19-,20+,23-/m0/s1. The van der Waals surface area contributed by atoms with Gasteiger partial charge in [-0.25, -0.2) is 4.79 Å². The van der Waals surface area contributed by atoms with Gasteiger partial charge in [0.15, 0.2) is 29.8 Å². The van der Waals surface area contributed by atoms with Gasteiger partial charge >= 0.3 is 29.8 Å². The zero-order valence-electron chi connectivity index (χ0n) is 23.2. The highest BCUT2D eigenvalue weighted by Crippen LogP contribution is 2.39. The maximum absolute atomic E-state index is 12.8. The third-order valence-corrected chi connectivity index (χ3v) is 7.58. The van der Waals surface area contributed by atoms with E-state index in [2.05, 4.69) is 15.4 Å². The van der Waals surface area contributed by atoms with Crippen molar-refractivity contribution in [1.29, 1.82) is 0 Å². The number of rotatable bonds is 14. The molecule has 41 heavy (non-hydrogen) atoms. The van der Waals surface area contributed by atoms with Gasteiger partial charge in [-0.2, -0.15) is 0 Å². The van der Waals surface area contributed by atoms with Crippen LogP contribution in [0.3, 0.4) is 0 Å². The summed E-state index contributed by atoms with van der Waals surface area (Å²) in [6.07, 6.45) is -5.17. The summed E-state index contributed by atoms with van der Waals surface area (Å²) in [4.78, 5) is 83.4. The number of amides is 2. The molecule has 7 atom stereocenters. The van der Waals surface area contributed by atoms with Gasteiger partial charge in [0.2, 0.25) is 11.8 Å². The molecule has 0 aromatic carbocycles. The molecule has 232 valence electrons. The smallest absolute Gasteiger partial charge is 0.330 e. The van der Waals surface area contributed by atoms with E-state index < -0.39 is 96.8 Å². The van der Waals surface area contributed by atoms with Crippen molar-refractivity contribution < 1.29 is 67.1 Å². The highest BCUT2D eigenvalue weighted by atomic mass is 33.1. The molecule has 3 N–H and O–H groups in total. The predicted octanol–water partition coefficient (Wildman–Crippen LogP) is -1.39. The van der Waals surface area contributed by atoms with Gasteiger partial charge in [0.1, 0.15) is 18.8 Å². The molecule has 1 rings (SSSR count). The molecule has 0 saturated carbocycles. The van der Waals surface area contributed by atoms with E-state index in [0.29, 0.717) is 0 Å². The van der Waals surface area contributed by atoms with E-state index in [-0.39, 0.29) is 5.75 Å². The summed E-state index contributed by atoms with van der Waals surface area (Å²) in [5.41, 5.74) is -1.12. The summed E-state index contributed by atoms with van der Waals surface area (Å²) in [5, 5.41) is 14.1. The van der Waals surface area contributed by atoms with E-state index in [1.54, 1.807) is 0 Å². The Morgan fingerprint density at radius 3 is 1.85 bits per heavy atom. The second kappa shape index (κ2) is 17.7.